The second-order valence-corrected chi connectivity index (χ2v) is 4.87. The Bertz CT molecular complexity index is 454. The molecule has 0 radical (unpaired) electrons. The van der Waals surface area contributed by atoms with Gasteiger partial charge in [0.25, 0.3) is 5.91 Å². The Morgan fingerprint density at radius 1 is 1.42 bits per heavy atom. The molecule has 0 aliphatic heterocycles. The molecule has 19 heavy (non-hydrogen) atoms. The zero-order valence-corrected chi connectivity index (χ0v) is 11.9. The van der Waals surface area contributed by atoms with E-state index < -0.39 is 18.7 Å². The lowest BCUT2D eigenvalue weighted by Crippen LogP contribution is -2.29. The van der Waals surface area contributed by atoms with Gasteiger partial charge in [0, 0.05) is 11.0 Å². The highest BCUT2D eigenvalue weighted by Crippen LogP contribution is 2.20. The Kier molecular flexibility index (Phi) is 6.09. The molecular weight excluding hydrogens is 350 g/mol. The first-order chi connectivity index (χ1) is 8.79. The molecule has 3 nitrogen and oxygen atoms in total. The molecule has 0 aliphatic rings. The molecule has 0 bridgehead atoms. The number of carbonyl (C=O) groups excluding carboxylic acids is 1. The molecule has 0 fully saturated rings. The summed E-state index contributed by atoms with van der Waals surface area (Å²) in [6.45, 7) is -1.59. The largest absolute Gasteiger partial charge is 0.411 e. The van der Waals surface area contributed by atoms with E-state index in [0.717, 1.165) is 0 Å². The zero-order chi connectivity index (χ0) is 14.5. The molecular formula is C11H10BrClF3NO2. The van der Waals surface area contributed by atoms with Crippen molar-refractivity contribution in [2.75, 3.05) is 19.8 Å². The summed E-state index contributed by atoms with van der Waals surface area (Å²) in [5.41, 5.74) is 0.242. The van der Waals surface area contributed by atoms with Gasteiger partial charge in [0.05, 0.1) is 17.2 Å². The Morgan fingerprint density at radius 2 is 2.11 bits per heavy atom. The van der Waals surface area contributed by atoms with Crippen LogP contribution in [0.3, 0.4) is 0 Å². The highest BCUT2D eigenvalue weighted by atomic mass is 79.9. The lowest BCUT2D eigenvalue weighted by molar-refractivity contribution is -0.173. The van der Waals surface area contributed by atoms with Gasteiger partial charge < -0.3 is 10.1 Å². The van der Waals surface area contributed by atoms with E-state index in [9.17, 15) is 18.0 Å². The number of halogens is 5. The van der Waals surface area contributed by atoms with Gasteiger partial charge in [-0.3, -0.25) is 4.79 Å². The lowest BCUT2D eigenvalue weighted by Gasteiger charge is -2.09. The highest BCUT2D eigenvalue weighted by molar-refractivity contribution is 9.10. The van der Waals surface area contributed by atoms with Gasteiger partial charge in [-0.1, -0.05) is 27.5 Å². The van der Waals surface area contributed by atoms with Crippen LogP contribution in [0.5, 0.6) is 0 Å². The molecule has 0 aromatic heterocycles. The van der Waals surface area contributed by atoms with Gasteiger partial charge in [0.1, 0.15) is 6.61 Å². The first-order valence-corrected chi connectivity index (χ1v) is 6.34. The molecule has 1 rings (SSSR count). The van der Waals surface area contributed by atoms with E-state index in [2.05, 4.69) is 26.0 Å². The number of carbonyl (C=O) groups is 1. The fourth-order valence-corrected chi connectivity index (χ4v) is 1.76. The number of alkyl halides is 3. The van der Waals surface area contributed by atoms with E-state index in [1.165, 1.54) is 6.07 Å². The molecule has 1 aromatic carbocycles. The zero-order valence-electron chi connectivity index (χ0n) is 9.56. The van der Waals surface area contributed by atoms with Crippen molar-refractivity contribution in [3.8, 4) is 0 Å². The van der Waals surface area contributed by atoms with Crippen LogP contribution in [0.2, 0.25) is 5.02 Å². The van der Waals surface area contributed by atoms with Gasteiger partial charge in [0.2, 0.25) is 0 Å². The number of nitrogens with one attached hydrogen (secondary N) is 1. The third-order valence-electron chi connectivity index (χ3n) is 1.97. The molecule has 1 N–H and O–H groups in total. The molecule has 0 spiro atoms. The number of hydrogen-bond acceptors (Lipinski definition) is 2. The lowest BCUT2D eigenvalue weighted by atomic mass is 10.2. The van der Waals surface area contributed by atoms with Gasteiger partial charge >= 0.3 is 6.18 Å². The molecule has 0 atom stereocenters. The number of rotatable bonds is 5. The summed E-state index contributed by atoms with van der Waals surface area (Å²) in [7, 11) is 0. The molecule has 1 aromatic rings. The molecule has 0 saturated carbocycles. The summed E-state index contributed by atoms with van der Waals surface area (Å²) < 4.78 is 40.3. The highest BCUT2D eigenvalue weighted by Gasteiger charge is 2.27. The van der Waals surface area contributed by atoms with E-state index in [0.29, 0.717) is 4.47 Å². The fourth-order valence-electron chi connectivity index (χ4n) is 1.19. The van der Waals surface area contributed by atoms with Crippen LogP contribution in [-0.2, 0) is 4.74 Å². The molecule has 8 heteroatoms. The van der Waals surface area contributed by atoms with Crippen molar-refractivity contribution < 1.29 is 22.7 Å². The van der Waals surface area contributed by atoms with E-state index >= 15 is 0 Å². The maximum Gasteiger partial charge on any atom is 0.411 e. The van der Waals surface area contributed by atoms with Gasteiger partial charge in [-0.15, -0.1) is 0 Å². The normalized spacial score (nSPS) is 11.4. The van der Waals surface area contributed by atoms with Crippen molar-refractivity contribution in [2.45, 2.75) is 6.18 Å². The van der Waals surface area contributed by atoms with Crippen LogP contribution >= 0.6 is 27.5 Å². The molecule has 1 amide bonds. The average Bonchev–Trinajstić information content (AvgIpc) is 2.30. The quantitative estimate of drug-likeness (QED) is 0.817. The van der Waals surface area contributed by atoms with E-state index in [1.54, 1.807) is 12.1 Å². The van der Waals surface area contributed by atoms with Crippen molar-refractivity contribution in [3.63, 3.8) is 0 Å². The minimum atomic E-state index is -4.36. The van der Waals surface area contributed by atoms with Crippen LogP contribution in [0.25, 0.3) is 0 Å². The number of amides is 1. The van der Waals surface area contributed by atoms with Crippen molar-refractivity contribution in [3.05, 3.63) is 33.3 Å². The number of ether oxygens (including phenoxy) is 1. The summed E-state index contributed by atoms with van der Waals surface area (Å²) in [4.78, 5) is 11.7. The smallest absolute Gasteiger partial charge is 0.370 e. The molecule has 0 heterocycles. The second kappa shape index (κ2) is 7.12. The number of hydrogen-bond donors (Lipinski definition) is 1. The predicted molar refractivity (Wildman–Crippen MR) is 68.4 cm³/mol. The Morgan fingerprint density at radius 3 is 2.74 bits per heavy atom. The summed E-state index contributed by atoms with van der Waals surface area (Å²) >= 11 is 9.02. The first kappa shape index (κ1) is 16.3. The van der Waals surface area contributed by atoms with Crippen LogP contribution in [-0.4, -0.2) is 31.8 Å². The Balaban J connectivity index is 2.38. The van der Waals surface area contributed by atoms with Crippen LogP contribution in [0.15, 0.2) is 22.7 Å². The average molecular weight is 361 g/mol. The van der Waals surface area contributed by atoms with Crippen molar-refractivity contribution >= 4 is 33.4 Å². The summed E-state index contributed by atoms with van der Waals surface area (Å²) in [5.74, 6) is -0.470. The van der Waals surface area contributed by atoms with E-state index in [-0.39, 0.29) is 23.7 Å². The molecule has 106 valence electrons. The monoisotopic (exact) mass is 359 g/mol. The minimum absolute atomic E-state index is 0.0300. The van der Waals surface area contributed by atoms with E-state index in [1.807, 2.05) is 0 Å². The van der Waals surface area contributed by atoms with Gasteiger partial charge in [-0.2, -0.15) is 13.2 Å². The summed E-state index contributed by atoms with van der Waals surface area (Å²) in [6, 6.07) is 4.74. The second-order valence-electron chi connectivity index (χ2n) is 3.55. The van der Waals surface area contributed by atoms with Crippen LogP contribution < -0.4 is 5.32 Å². The van der Waals surface area contributed by atoms with Gasteiger partial charge in [-0.25, -0.2) is 0 Å². The van der Waals surface area contributed by atoms with E-state index in [4.69, 9.17) is 11.6 Å². The molecule has 0 saturated heterocycles. The van der Waals surface area contributed by atoms with Crippen molar-refractivity contribution in [1.29, 1.82) is 0 Å². The summed E-state index contributed by atoms with van der Waals surface area (Å²) in [5, 5.41) is 2.68. The molecule has 0 aliphatic carbocycles. The van der Waals surface area contributed by atoms with Crippen molar-refractivity contribution in [1.82, 2.24) is 5.32 Å². The predicted octanol–water partition coefficient (Wildman–Crippen LogP) is 3.41. The van der Waals surface area contributed by atoms with Gasteiger partial charge in [-0.05, 0) is 18.2 Å². The van der Waals surface area contributed by atoms with Crippen LogP contribution in [0.1, 0.15) is 10.4 Å². The maximum atomic E-state index is 11.8. The fraction of sp³-hybridized carbons (Fsp3) is 0.364. The Labute approximate surface area is 121 Å². The topological polar surface area (TPSA) is 38.3 Å². The SMILES string of the molecule is O=C(NCCOCC(F)(F)F)c1cc(Br)ccc1Cl. The maximum absolute atomic E-state index is 11.8. The van der Waals surface area contributed by atoms with Crippen molar-refractivity contribution in [2.24, 2.45) is 0 Å². The minimum Gasteiger partial charge on any atom is -0.370 e. The standard InChI is InChI=1S/C11H10BrClF3NO2/c12-7-1-2-9(13)8(5-7)10(18)17-3-4-19-6-11(14,15)16/h1-2,5H,3-4,6H2,(H,17,18). The van der Waals surface area contributed by atoms with Crippen LogP contribution in [0.4, 0.5) is 13.2 Å². The van der Waals surface area contributed by atoms with Crippen LogP contribution in [0, 0.1) is 0 Å². The third kappa shape index (κ3) is 6.26. The summed E-state index contributed by atoms with van der Waals surface area (Å²) in [6.07, 6.45) is -4.36. The number of benzene rings is 1. The Hall–Kier alpha value is -0.790. The first-order valence-electron chi connectivity index (χ1n) is 5.17. The van der Waals surface area contributed by atoms with Gasteiger partial charge in [0.15, 0.2) is 0 Å². The third-order valence-corrected chi connectivity index (χ3v) is 2.79. The molecule has 0 unspecified atom stereocenters.